The van der Waals surface area contributed by atoms with Gasteiger partial charge in [0.25, 0.3) is 0 Å². The fourth-order valence-corrected chi connectivity index (χ4v) is 1.58. The van der Waals surface area contributed by atoms with E-state index in [0.717, 1.165) is 36.9 Å². The molecule has 0 aromatic heterocycles. The quantitative estimate of drug-likeness (QED) is 0.687. The van der Waals surface area contributed by atoms with Crippen LogP contribution in [0.2, 0.25) is 0 Å². The summed E-state index contributed by atoms with van der Waals surface area (Å²) < 4.78 is 5.63. The molecule has 0 spiro atoms. The summed E-state index contributed by atoms with van der Waals surface area (Å²) in [5.41, 5.74) is 6.67. The summed E-state index contributed by atoms with van der Waals surface area (Å²) in [5, 5.41) is 3.46. The van der Waals surface area contributed by atoms with Gasteiger partial charge in [-0.1, -0.05) is 12.1 Å². The highest BCUT2D eigenvalue weighted by molar-refractivity contribution is 5.26. The molecule has 1 aliphatic carbocycles. The Bertz CT molecular complexity index is 306. The van der Waals surface area contributed by atoms with Crippen molar-refractivity contribution in [2.45, 2.75) is 31.8 Å². The lowest BCUT2D eigenvalue weighted by Gasteiger charge is -2.07. The molecule has 0 amide bonds. The Balaban J connectivity index is 1.60. The number of benzene rings is 1. The summed E-state index contributed by atoms with van der Waals surface area (Å²) >= 11 is 0. The average Bonchev–Trinajstić information content (AvgIpc) is 3.13. The fraction of sp³-hybridized carbons (Fsp3) is 0.538. The maximum Gasteiger partial charge on any atom is 0.119 e. The molecule has 0 atom stereocenters. The zero-order valence-corrected chi connectivity index (χ0v) is 9.61. The molecule has 1 fully saturated rings. The highest BCUT2D eigenvalue weighted by Crippen LogP contribution is 2.18. The van der Waals surface area contributed by atoms with Crippen molar-refractivity contribution in [1.82, 2.24) is 5.32 Å². The van der Waals surface area contributed by atoms with E-state index in [2.05, 4.69) is 5.32 Å². The standard InChI is InChI=1S/C13H20N2O/c14-10-11-2-6-13(7-3-11)16-9-1-8-15-12-4-5-12/h2-3,6-7,12,15H,1,4-5,8-10,14H2. The Morgan fingerprint density at radius 2 is 2.00 bits per heavy atom. The van der Waals surface area contributed by atoms with Crippen LogP contribution in [0.3, 0.4) is 0 Å². The van der Waals surface area contributed by atoms with E-state index >= 15 is 0 Å². The molecular weight excluding hydrogens is 200 g/mol. The maximum atomic E-state index is 5.63. The molecule has 1 aromatic carbocycles. The van der Waals surface area contributed by atoms with Crippen LogP contribution in [-0.4, -0.2) is 19.2 Å². The Morgan fingerprint density at radius 1 is 1.25 bits per heavy atom. The summed E-state index contributed by atoms with van der Waals surface area (Å²) in [6.45, 7) is 2.43. The first-order valence-electron chi connectivity index (χ1n) is 6.03. The van der Waals surface area contributed by atoms with Gasteiger partial charge < -0.3 is 15.8 Å². The Kier molecular flexibility index (Phi) is 4.19. The van der Waals surface area contributed by atoms with Gasteiger partial charge in [0.05, 0.1) is 6.61 Å². The van der Waals surface area contributed by atoms with Crippen LogP contribution in [0.1, 0.15) is 24.8 Å². The van der Waals surface area contributed by atoms with Crippen LogP contribution in [0, 0.1) is 0 Å². The van der Waals surface area contributed by atoms with E-state index in [9.17, 15) is 0 Å². The van der Waals surface area contributed by atoms with Crippen LogP contribution in [0.5, 0.6) is 5.75 Å². The van der Waals surface area contributed by atoms with Crippen LogP contribution in [-0.2, 0) is 6.54 Å². The summed E-state index contributed by atoms with van der Waals surface area (Å²) in [6.07, 6.45) is 3.76. The SMILES string of the molecule is NCc1ccc(OCCCNC2CC2)cc1. The van der Waals surface area contributed by atoms with E-state index in [1.807, 2.05) is 24.3 Å². The molecule has 3 heteroatoms. The normalized spacial score (nSPS) is 15.1. The van der Waals surface area contributed by atoms with Crippen LogP contribution >= 0.6 is 0 Å². The second kappa shape index (κ2) is 5.87. The van der Waals surface area contributed by atoms with Gasteiger partial charge in [-0.15, -0.1) is 0 Å². The molecule has 0 unspecified atom stereocenters. The molecule has 3 N–H and O–H groups in total. The minimum absolute atomic E-state index is 0.589. The molecule has 0 saturated heterocycles. The molecule has 0 heterocycles. The third kappa shape index (κ3) is 3.83. The molecule has 0 radical (unpaired) electrons. The minimum Gasteiger partial charge on any atom is -0.494 e. The number of ether oxygens (including phenoxy) is 1. The molecule has 1 saturated carbocycles. The number of rotatable bonds is 7. The number of nitrogens with one attached hydrogen (secondary N) is 1. The number of hydrogen-bond acceptors (Lipinski definition) is 3. The first-order chi connectivity index (χ1) is 7.88. The van der Waals surface area contributed by atoms with Gasteiger partial charge in [0, 0.05) is 12.6 Å². The van der Waals surface area contributed by atoms with E-state index < -0.39 is 0 Å². The van der Waals surface area contributed by atoms with Crippen molar-refractivity contribution >= 4 is 0 Å². The molecule has 88 valence electrons. The van der Waals surface area contributed by atoms with Gasteiger partial charge in [-0.3, -0.25) is 0 Å². The van der Waals surface area contributed by atoms with E-state index in [0.29, 0.717) is 6.54 Å². The molecule has 2 rings (SSSR count). The second-order valence-corrected chi connectivity index (χ2v) is 4.28. The molecule has 0 bridgehead atoms. The van der Waals surface area contributed by atoms with Crippen LogP contribution < -0.4 is 15.8 Å². The summed E-state index contributed by atoms with van der Waals surface area (Å²) in [5.74, 6) is 0.934. The van der Waals surface area contributed by atoms with Gasteiger partial charge in [-0.25, -0.2) is 0 Å². The van der Waals surface area contributed by atoms with E-state index in [-0.39, 0.29) is 0 Å². The smallest absolute Gasteiger partial charge is 0.119 e. The highest BCUT2D eigenvalue weighted by Gasteiger charge is 2.19. The largest absolute Gasteiger partial charge is 0.494 e. The Labute approximate surface area is 97.0 Å². The monoisotopic (exact) mass is 220 g/mol. The molecule has 0 aliphatic heterocycles. The predicted molar refractivity (Wildman–Crippen MR) is 65.5 cm³/mol. The van der Waals surface area contributed by atoms with Gasteiger partial charge in [0.2, 0.25) is 0 Å². The molecule has 1 aromatic rings. The zero-order chi connectivity index (χ0) is 11.2. The lowest BCUT2D eigenvalue weighted by molar-refractivity contribution is 0.308. The molecule has 1 aliphatic rings. The number of nitrogens with two attached hydrogens (primary N) is 1. The lowest BCUT2D eigenvalue weighted by atomic mass is 10.2. The van der Waals surface area contributed by atoms with Gasteiger partial charge in [-0.05, 0) is 43.5 Å². The first kappa shape index (κ1) is 11.4. The topological polar surface area (TPSA) is 47.3 Å². The lowest BCUT2D eigenvalue weighted by Crippen LogP contribution is -2.19. The van der Waals surface area contributed by atoms with Crippen molar-refractivity contribution in [2.75, 3.05) is 13.2 Å². The van der Waals surface area contributed by atoms with Crippen molar-refractivity contribution in [1.29, 1.82) is 0 Å². The minimum atomic E-state index is 0.589. The Morgan fingerprint density at radius 3 is 2.62 bits per heavy atom. The van der Waals surface area contributed by atoms with Crippen molar-refractivity contribution in [3.8, 4) is 5.75 Å². The average molecular weight is 220 g/mol. The number of hydrogen-bond donors (Lipinski definition) is 2. The van der Waals surface area contributed by atoms with Crippen molar-refractivity contribution < 1.29 is 4.74 Å². The second-order valence-electron chi connectivity index (χ2n) is 4.28. The van der Waals surface area contributed by atoms with Gasteiger partial charge in [0.15, 0.2) is 0 Å². The van der Waals surface area contributed by atoms with Crippen molar-refractivity contribution in [2.24, 2.45) is 5.73 Å². The fourth-order valence-electron chi connectivity index (χ4n) is 1.58. The van der Waals surface area contributed by atoms with E-state index in [1.165, 1.54) is 12.8 Å². The Hall–Kier alpha value is -1.06. The maximum absolute atomic E-state index is 5.63. The molecule has 16 heavy (non-hydrogen) atoms. The van der Waals surface area contributed by atoms with Gasteiger partial charge in [-0.2, -0.15) is 0 Å². The van der Waals surface area contributed by atoms with Gasteiger partial charge in [0.1, 0.15) is 5.75 Å². The molecular formula is C13H20N2O. The first-order valence-corrected chi connectivity index (χ1v) is 6.03. The third-order valence-corrected chi connectivity index (χ3v) is 2.76. The van der Waals surface area contributed by atoms with Gasteiger partial charge >= 0.3 is 0 Å². The molecule has 3 nitrogen and oxygen atoms in total. The summed E-state index contributed by atoms with van der Waals surface area (Å²) in [4.78, 5) is 0. The van der Waals surface area contributed by atoms with Crippen LogP contribution in [0.25, 0.3) is 0 Å². The third-order valence-electron chi connectivity index (χ3n) is 2.76. The van der Waals surface area contributed by atoms with E-state index in [4.69, 9.17) is 10.5 Å². The van der Waals surface area contributed by atoms with E-state index in [1.54, 1.807) is 0 Å². The predicted octanol–water partition coefficient (Wildman–Crippen LogP) is 1.67. The van der Waals surface area contributed by atoms with Crippen LogP contribution in [0.15, 0.2) is 24.3 Å². The zero-order valence-electron chi connectivity index (χ0n) is 9.61. The van der Waals surface area contributed by atoms with Crippen molar-refractivity contribution in [3.63, 3.8) is 0 Å². The van der Waals surface area contributed by atoms with Crippen molar-refractivity contribution in [3.05, 3.63) is 29.8 Å². The summed E-state index contributed by atoms with van der Waals surface area (Å²) in [7, 11) is 0. The van der Waals surface area contributed by atoms with Crippen LogP contribution in [0.4, 0.5) is 0 Å². The highest BCUT2D eigenvalue weighted by atomic mass is 16.5. The summed E-state index contributed by atoms with van der Waals surface area (Å²) in [6, 6.07) is 8.78.